The van der Waals surface area contributed by atoms with Crippen molar-refractivity contribution in [3.05, 3.63) is 45.5 Å². The lowest BCUT2D eigenvalue weighted by Gasteiger charge is -2.36. The van der Waals surface area contributed by atoms with Gasteiger partial charge in [0.25, 0.3) is 5.56 Å². The van der Waals surface area contributed by atoms with Gasteiger partial charge in [0.15, 0.2) is 5.82 Å². The Kier molecular flexibility index (Phi) is 4.87. The van der Waals surface area contributed by atoms with Crippen molar-refractivity contribution >= 4 is 22.6 Å². The van der Waals surface area contributed by atoms with E-state index >= 15 is 0 Å². The summed E-state index contributed by atoms with van der Waals surface area (Å²) in [7, 11) is 1.50. The third-order valence-corrected chi connectivity index (χ3v) is 6.43. The quantitative estimate of drug-likeness (QED) is 0.825. The number of aliphatic imine (C=N–C) groups is 1. The lowest BCUT2D eigenvalue weighted by Crippen LogP contribution is -2.35. The molecule has 6 nitrogen and oxygen atoms in total. The van der Waals surface area contributed by atoms with Crippen LogP contribution in [0, 0.1) is 5.82 Å². The fourth-order valence-electron chi connectivity index (χ4n) is 3.96. The fraction of sp³-hybridized carbons (Fsp3) is 0.500. The second-order valence-corrected chi connectivity index (χ2v) is 9.12. The lowest BCUT2D eigenvalue weighted by molar-refractivity contribution is -0.0705. The minimum atomic E-state index is -0.448. The molecule has 0 amide bonds. The maximum Gasteiger partial charge on any atom is 0.271 e. The van der Waals surface area contributed by atoms with Crippen molar-refractivity contribution in [1.29, 1.82) is 0 Å². The van der Waals surface area contributed by atoms with E-state index < -0.39 is 11.1 Å². The lowest BCUT2D eigenvalue weighted by atomic mass is 9.94. The molecule has 1 aromatic carbocycles. The number of benzene rings is 1. The van der Waals surface area contributed by atoms with Gasteiger partial charge in [-0.25, -0.2) is 9.38 Å². The van der Waals surface area contributed by atoms with Gasteiger partial charge in [-0.2, -0.15) is 0 Å². The van der Waals surface area contributed by atoms with Crippen LogP contribution in [0.5, 0.6) is 5.75 Å². The van der Waals surface area contributed by atoms with Crippen LogP contribution in [0.25, 0.3) is 0 Å². The van der Waals surface area contributed by atoms with Crippen molar-refractivity contribution in [2.45, 2.75) is 50.5 Å². The SMILES string of the molecule is COc1ccc([C@H]2SC(C)=Nc3c2c(=O)[nH]n3[C@@H]2CCOC(C)(C)C2)c(F)c1. The van der Waals surface area contributed by atoms with E-state index in [-0.39, 0.29) is 17.2 Å². The van der Waals surface area contributed by atoms with Crippen LogP contribution in [-0.2, 0) is 4.74 Å². The van der Waals surface area contributed by atoms with Gasteiger partial charge < -0.3 is 9.47 Å². The number of nitrogens with one attached hydrogen (secondary N) is 1. The molecule has 0 saturated carbocycles. The molecule has 0 radical (unpaired) electrons. The fourth-order valence-corrected chi connectivity index (χ4v) is 5.09. The topological polar surface area (TPSA) is 68.6 Å². The van der Waals surface area contributed by atoms with E-state index in [4.69, 9.17) is 9.47 Å². The Bertz CT molecular complexity index is 995. The van der Waals surface area contributed by atoms with Crippen LogP contribution in [0.1, 0.15) is 56.0 Å². The molecule has 0 unspecified atom stereocenters. The molecule has 2 aliphatic heterocycles. The molecule has 1 aromatic heterocycles. The van der Waals surface area contributed by atoms with Crippen LogP contribution in [0.2, 0.25) is 0 Å². The van der Waals surface area contributed by atoms with Crippen LogP contribution in [0.15, 0.2) is 28.0 Å². The van der Waals surface area contributed by atoms with Crippen molar-refractivity contribution in [3.8, 4) is 5.75 Å². The van der Waals surface area contributed by atoms with E-state index in [0.29, 0.717) is 29.3 Å². The number of ether oxygens (including phenoxy) is 2. The van der Waals surface area contributed by atoms with Gasteiger partial charge in [-0.1, -0.05) is 17.8 Å². The highest BCUT2D eigenvalue weighted by Crippen LogP contribution is 2.46. The Morgan fingerprint density at radius 1 is 1.43 bits per heavy atom. The first-order valence-corrected chi connectivity index (χ1v) is 10.2. The molecule has 150 valence electrons. The maximum atomic E-state index is 14.8. The van der Waals surface area contributed by atoms with Gasteiger partial charge in [0.1, 0.15) is 11.6 Å². The van der Waals surface area contributed by atoms with Crippen LogP contribution in [0.3, 0.4) is 0 Å². The molecule has 0 aliphatic carbocycles. The number of aromatic amines is 1. The Morgan fingerprint density at radius 2 is 2.21 bits per heavy atom. The first-order chi connectivity index (χ1) is 13.3. The summed E-state index contributed by atoms with van der Waals surface area (Å²) in [5, 5.41) is 3.31. The third kappa shape index (κ3) is 3.39. The number of halogens is 1. The molecule has 28 heavy (non-hydrogen) atoms. The molecule has 1 saturated heterocycles. The van der Waals surface area contributed by atoms with Gasteiger partial charge >= 0.3 is 0 Å². The number of hydrogen-bond donors (Lipinski definition) is 1. The summed E-state index contributed by atoms with van der Waals surface area (Å²) in [6.07, 6.45) is 1.57. The predicted molar refractivity (Wildman–Crippen MR) is 109 cm³/mol. The first-order valence-electron chi connectivity index (χ1n) is 9.33. The normalized spacial score (nSPS) is 23.8. The molecule has 8 heteroatoms. The van der Waals surface area contributed by atoms with Crippen molar-refractivity contribution < 1.29 is 13.9 Å². The van der Waals surface area contributed by atoms with E-state index in [1.807, 2.05) is 25.5 Å². The number of methoxy groups -OCH3 is 1. The summed E-state index contributed by atoms with van der Waals surface area (Å²) in [5.41, 5.74) is 0.477. The van der Waals surface area contributed by atoms with Gasteiger partial charge in [0, 0.05) is 18.2 Å². The summed E-state index contributed by atoms with van der Waals surface area (Å²) in [6.45, 7) is 6.61. The first kappa shape index (κ1) is 19.3. The van der Waals surface area contributed by atoms with E-state index in [0.717, 1.165) is 17.9 Å². The smallest absolute Gasteiger partial charge is 0.271 e. The van der Waals surface area contributed by atoms with E-state index in [9.17, 15) is 9.18 Å². The molecule has 4 rings (SSSR count). The molecular formula is C20H24FN3O3S. The number of thioether (sulfide) groups is 1. The predicted octanol–water partition coefficient (Wildman–Crippen LogP) is 4.34. The van der Waals surface area contributed by atoms with Crippen LogP contribution < -0.4 is 10.3 Å². The minimum absolute atomic E-state index is 0.0845. The zero-order chi connectivity index (χ0) is 20.1. The van der Waals surface area contributed by atoms with Gasteiger partial charge in [-0.05, 0) is 39.7 Å². The zero-order valence-electron chi connectivity index (χ0n) is 16.4. The van der Waals surface area contributed by atoms with Crippen molar-refractivity contribution in [3.63, 3.8) is 0 Å². The molecular weight excluding hydrogens is 381 g/mol. The summed E-state index contributed by atoms with van der Waals surface area (Å²) in [6, 6.07) is 4.83. The molecule has 0 spiro atoms. The standard InChI is InChI=1S/C20H24FN3O3S/c1-11-22-18-16(17(28-11)14-6-5-13(26-4)9-15(14)21)19(25)23-24(18)12-7-8-27-20(2,3)10-12/h5-6,9,12,17H,7-8,10H2,1-4H3,(H,23,25)/t12-,17-/m1/s1. The van der Waals surface area contributed by atoms with E-state index in [2.05, 4.69) is 10.1 Å². The largest absolute Gasteiger partial charge is 0.497 e. The van der Waals surface area contributed by atoms with Gasteiger partial charge in [0.2, 0.25) is 0 Å². The summed E-state index contributed by atoms with van der Waals surface area (Å²) in [4.78, 5) is 17.5. The number of aromatic nitrogens is 2. The Morgan fingerprint density at radius 3 is 2.89 bits per heavy atom. The summed E-state index contributed by atoms with van der Waals surface area (Å²) < 4.78 is 27.5. The Hall–Kier alpha value is -2.06. The number of nitrogens with zero attached hydrogens (tertiary/aromatic N) is 2. The van der Waals surface area contributed by atoms with Crippen LogP contribution >= 0.6 is 11.8 Å². The maximum absolute atomic E-state index is 14.8. The second kappa shape index (κ2) is 7.08. The number of fused-ring (bicyclic) bond motifs is 1. The average molecular weight is 405 g/mol. The van der Waals surface area contributed by atoms with Gasteiger partial charge in [0.05, 0.1) is 34.6 Å². The van der Waals surface area contributed by atoms with Crippen molar-refractivity contribution in [2.24, 2.45) is 4.99 Å². The Balaban J connectivity index is 1.80. The zero-order valence-corrected chi connectivity index (χ0v) is 17.2. The monoisotopic (exact) mass is 405 g/mol. The highest BCUT2D eigenvalue weighted by Gasteiger charge is 2.36. The van der Waals surface area contributed by atoms with E-state index in [1.54, 1.807) is 12.1 Å². The summed E-state index contributed by atoms with van der Waals surface area (Å²) in [5.74, 6) is 0.657. The third-order valence-electron chi connectivity index (χ3n) is 5.28. The number of H-pyrrole nitrogens is 1. The highest BCUT2D eigenvalue weighted by molar-refractivity contribution is 8.14. The molecule has 2 aromatic rings. The van der Waals surface area contributed by atoms with Gasteiger partial charge in [-0.3, -0.25) is 14.6 Å². The van der Waals surface area contributed by atoms with Crippen LogP contribution in [0.4, 0.5) is 10.2 Å². The Labute approximate surface area is 167 Å². The summed E-state index contributed by atoms with van der Waals surface area (Å²) >= 11 is 1.39. The minimum Gasteiger partial charge on any atom is -0.497 e. The second-order valence-electron chi connectivity index (χ2n) is 7.82. The molecule has 2 atom stereocenters. The van der Waals surface area contributed by atoms with Crippen LogP contribution in [-0.4, -0.2) is 34.1 Å². The van der Waals surface area contributed by atoms with E-state index in [1.165, 1.54) is 24.9 Å². The van der Waals surface area contributed by atoms with Gasteiger partial charge in [-0.15, -0.1) is 0 Å². The molecule has 1 N–H and O–H groups in total. The molecule has 3 heterocycles. The van der Waals surface area contributed by atoms with Crippen molar-refractivity contribution in [2.75, 3.05) is 13.7 Å². The molecule has 0 bridgehead atoms. The molecule has 2 aliphatic rings. The number of hydrogen-bond acceptors (Lipinski definition) is 5. The average Bonchev–Trinajstić information content (AvgIpc) is 2.96. The number of rotatable bonds is 3. The molecule has 1 fully saturated rings. The van der Waals surface area contributed by atoms with Crippen molar-refractivity contribution in [1.82, 2.24) is 9.78 Å². The highest BCUT2D eigenvalue weighted by atomic mass is 32.2.